The monoisotopic (exact) mass is 701 g/mol. The summed E-state index contributed by atoms with van der Waals surface area (Å²) < 4.78 is 17.1. The van der Waals surface area contributed by atoms with E-state index >= 15 is 0 Å². The highest BCUT2D eigenvalue weighted by Gasteiger charge is 2.31. The largest absolute Gasteiger partial charge is 0.477 e. The van der Waals surface area contributed by atoms with Crippen molar-refractivity contribution in [3.05, 3.63) is 72.9 Å². The minimum Gasteiger partial charge on any atom is -0.477 e. The second-order valence-electron chi connectivity index (χ2n) is 13.4. The van der Waals surface area contributed by atoms with Crippen LogP contribution >= 0.6 is 0 Å². The fourth-order valence-corrected chi connectivity index (χ4v) is 4.88. The zero-order chi connectivity index (χ0) is 37.1. The summed E-state index contributed by atoms with van der Waals surface area (Å²) in [6.07, 6.45) is 39.6. The van der Waals surface area contributed by atoms with Crippen LogP contribution < -0.4 is 0 Å². The number of esters is 2. The minimum absolute atomic E-state index is 0.0238. The summed E-state index contributed by atoms with van der Waals surface area (Å²) in [5, 5.41) is 9.57. The van der Waals surface area contributed by atoms with E-state index in [9.17, 15) is 19.5 Å². The van der Waals surface area contributed by atoms with Gasteiger partial charge in [-0.3, -0.25) is 9.59 Å². The van der Waals surface area contributed by atoms with Gasteiger partial charge in [-0.2, -0.15) is 0 Å². The number of carbonyl (C=O) groups is 3. The Morgan fingerprint density at radius 1 is 0.620 bits per heavy atom. The number of likely N-dealkylation sites (N-methyl/N-ethyl adjacent to an activating group) is 1. The second-order valence-corrected chi connectivity index (χ2v) is 13.4. The number of hydrogen-bond acceptors (Lipinski definition) is 6. The third kappa shape index (κ3) is 30.8. The fraction of sp³-hybridized carbons (Fsp3) is 0.643. The average Bonchev–Trinajstić information content (AvgIpc) is 3.06. The molecule has 1 N–H and O–H groups in total. The van der Waals surface area contributed by atoms with Crippen molar-refractivity contribution in [2.75, 3.05) is 41.0 Å². The molecule has 0 heterocycles. The number of ether oxygens (including phenoxy) is 3. The van der Waals surface area contributed by atoms with Crippen molar-refractivity contribution in [2.45, 2.75) is 135 Å². The number of rotatable bonds is 32. The normalized spacial score (nSPS) is 13.9. The summed E-state index contributed by atoms with van der Waals surface area (Å²) in [5.41, 5.74) is 0. The maximum Gasteiger partial charge on any atom is 0.362 e. The molecule has 0 aliphatic rings. The van der Waals surface area contributed by atoms with Crippen LogP contribution in [-0.2, 0) is 28.6 Å². The molecule has 0 radical (unpaired) electrons. The van der Waals surface area contributed by atoms with Gasteiger partial charge in [-0.05, 0) is 64.2 Å². The third-order valence-corrected chi connectivity index (χ3v) is 7.85. The number of carbonyl (C=O) groups excluding carboxylic acids is 2. The molecule has 0 saturated carbocycles. The molecule has 2 atom stereocenters. The van der Waals surface area contributed by atoms with Crippen LogP contribution in [0.15, 0.2) is 72.9 Å². The summed E-state index contributed by atoms with van der Waals surface area (Å²) >= 11 is 0. The van der Waals surface area contributed by atoms with Crippen LogP contribution in [0, 0.1) is 0 Å². The molecule has 0 amide bonds. The minimum atomic E-state index is -0.892. The summed E-state index contributed by atoms with van der Waals surface area (Å²) in [6.45, 7) is 4.45. The van der Waals surface area contributed by atoms with E-state index in [0.717, 1.165) is 70.6 Å². The second kappa shape index (κ2) is 32.9. The van der Waals surface area contributed by atoms with E-state index in [4.69, 9.17) is 14.2 Å². The summed E-state index contributed by atoms with van der Waals surface area (Å²) in [7, 11) is 5.48. The lowest BCUT2D eigenvalue weighted by Gasteiger charge is -2.31. The molecule has 50 heavy (non-hydrogen) atoms. The SMILES string of the molecule is CC/C=C/C/C=C/C/C=C/C/C=C/C/C=C/CCC(=O)OC(COCCC(C(=O)O)[N+](C)(C)C)COC(=O)CCCCCC/C=C/CCCC. The van der Waals surface area contributed by atoms with E-state index in [1.54, 1.807) is 0 Å². The van der Waals surface area contributed by atoms with E-state index in [1.807, 2.05) is 33.3 Å². The highest BCUT2D eigenvalue weighted by molar-refractivity contribution is 5.72. The Morgan fingerprint density at radius 3 is 1.72 bits per heavy atom. The molecule has 0 bridgehead atoms. The lowest BCUT2D eigenvalue weighted by atomic mass is 10.1. The Bertz CT molecular complexity index is 1050. The van der Waals surface area contributed by atoms with Crippen LogP contribution in [0.4, 0.5) is 0 Å². The van der Waals surface area contributed by atoms with E-state index in [0.29, 0.717) is 19.3 Å². The van der Waals surface area contributed by atoms with Gasteiger partial charge in [-0.1, -0.05) is 112 Å². The smallest absolute Gasteiger partial charge is 0.362 e. The zero-order valence-electron chi connectivity index (χ0n) is 32.1. The molecule has 0 aromatic heterocycles. The molecule has 8 nitrogen and oxygen atoms in total. The molecule has 0 aromatic carbocycles. The molecule has 0 saturated heterocycles. The van der Waals surface area contributed by atoms with Gasteiger partial charge < -0.3 is 23.8 Å². The van der Waals surface area contributed by atoms with Crippen molar-refractivity contribution in [1.29, 1.82) is 0 Å². The lowest BCUT2D eigenvalue weighted by Crippen LogP contribution is -2.50. The topological polar surface area (TPSA) is 99.1 Å². The molecular formula is C42H70NO7+. The molecule has 0 aromatic rings. The van der Waals surface area contributed by atoms with Crippen LogP contribution in [0.2, 0.25) is 0 Å². The van der Waals surface area contributed by atoms with Gasteiger partial charge in [0.2, 0.25) is 0 Å². The highest BCUT2D eigenvalue weighted by Crippen LogP contribution is 2.11. The van der Waals surface area contributed by atoms with Gasteiger partial charge >= 0.3 is 17.9 Å². The van der Waals surface area contributed by atoms with Crippen LogP contribution in [0.25, 0.3) is 0 Å². The first-order valence-corrected chi connectivity index (χ1v) is 19.0. The van der Waals surface area contributed by atoms with E-state index < -0.39 is 24.1 Å². The summed E-state index contributed by atoms with van der Waals surface area (Å²) in [5.74, 6) is -1.61. The first-order valence-electron chi connectivity index (χ1n) is 19.0. The summed E-state index contributed by atoms with van der Waals surface area (Å²) in [6, 6.07) is -0.630. The van der Waals surface area contributed by atoms with Crippen molar-refractivity contribution in [3.63, 3.8) is 0 Å². The van der Waals surface area contributed by atoms with E-state index in [-0.39, 0.29) is 36.7 Å². The predicted molar refractivity (Wildman–Crippen MR) is 206 cm³/mol. The Kier molecular flexibility index (Phi) is 30.8. The van der Waals surface area contributed by atoms with Gasteiger partial charge in [0, 0.05) is 19.3 Å². The van der Waals surface area contributed by atoms with Crippen molar-refractivity contribution in [2.24, 2.45) is 0 Å². The number of unbranched alkanes of at least 4 members (excludes halogenated alkanes) is 6. The van der Waals surface area contributed by atoms with Crippen molar-refractivity contribution in [3.8, 4) is 0 Å². The maximum atomic E-state index is 12.6. The zero-order valence-corrected chi connectivity index (χ0v) is 32.1. The van der Waals surface area contributed by atoms with E-state index in [2.05, 4.69) is 74.6 Å². The first kappa shape index (κ1) is 46.8. The Balaban J connectivity index is 4.59. The summed E-state index contributed by atoms with van der Waals surface area (Å²) in [4.78, 5) is 36.7. The first-order chi connectivity index (χ1) is 24.1. The number of nitrogens with zero attached hydrogens (tertiary/aromatic N) is 1. The Hall–Kier alpha value is -3.23. The third-order valence-electron chi connectivity index (χ3n) is 7.85. The van der Waals surface area contributed by atoms with Crippen molar-refractivity contribution < 1.29 is 38.2 Å². The number of allylic oxidation sites excluding steroid dienone is 12. The standard InChI is InChI=1S/C42H69NO7/c1-6-8-10-12-14-16-18-19-20-21-22-23-25-27-29-31-33-41(45)50-38(36-48-35-34-39(42(46)47)43(3,4)5)37-49-40(44)32-30-28-26-24-17-15-13-11-9-7-2/h8,10,13-16,19-20,22-23,27,29,38-39H,6-7,9,11-12,17-18,21,24-26,28,30-37H2,1-5H3/p+1/b10-8+,15-13+,16-14+,20-19+,23-22+,29-27+. The number of aliphatic carboxylic acids is 1. The van der Waals surface area contributed by atoms with Gasteiger partial charge in [-0.15, -0.1) is 0 Å². The molecular weight excluding hydrogens is 630 g/mol. The number of carboxylic acids is 1. The number of carboxylic acid groups (broad SMARTS) is 1. The number of quaternary nitrogens is 1. The molecule has 0 aliphatic heterocycles. The molecule has 284 valence electrons. The van der Waals surface area contributed by atoms with Gasteiger partial charge in [0.05, 0.1) is 34.4 Å². The molecule has 8 heteroatoms. The highest BCUT2D eigenvalue weighted by atomic mass is 16.6. The maximum absolute atomic E-state index is 12.6. The van der Waals surface area contributed by atoms with Gasteiger partial charge in [0.1, 0.15) is 6.61 Å². The van der Waals surface area contributed by atoms with Gasteiger partial charge in [0.25, 0.3) is 0 Å². The van der Waals surface area contributed by atoms with Crippen LogP contribution in [0.5, 0.6) is 0 Å². The fourth-order valence-electron chi connectivity index (χ4n) is 4.88. The van der Waals surface area contributed by atoms with Crippen molar-refractivity contribution >= 4 is 17.9 Å². The van der Waals surface area contributed by atoms with Gasteiger partial charge in [0.15, 0.2) is 12.1 Å². The lowest BCUT2D eigenvalue weighted by molar-refractivity contribution is -0.887. The average molecular weight is 701 g/mol. The van der Waals surface area contributed by atoms with Crippen LogP contribution in [0.1, 0.15) is 123 Å². The molecule has 0 spiro atoms. The van der Waals surface area contributed by atoms with Crippen molar-refractivity contribution in [1.82, 2.24) is 0 Å². The van der Waals surface area contributed by atoms with E-state index in [1.165, 1.54) is 12.8 Å². The molecule has 0 rings (SSSR count). The quantitative estimate of drug-likeness (QED) is 0.0323. The molecule has 0 aliphatic carbocycles. The number of hydrogen-bond donors (Lipinski definition) is 1. The Labute approximate surface area is 304 Å². The Morgan fingerprint density at radius 2 is 1.16 bits per heavy atom. The van der Waals surface area contributed by atoms with Crippen LogP contribution in [-0.4, -0.2) is 80.6 Å². The molecule has 2 unspecified atom stereocenters. The van der Waals surface area contributed by atoms with Gasteiger partial charge in [-0.25, -0.2) is 4.79 Å². The molecule has 0 fully saturated rings. The predicted octanol–water partition coefficient (Wildman–Crippen LogP) is 9.63. The van der Waals surface area contributed by atoms with Crippen LogP contribution in [0.3, 0.4) is 0 Å².